The normalized spacial score (nSPS) is 13.6. The highest BCUT2D eigenvalue weighted by atomic mass is 16.6. The van der Waals surface area contributed by atoms with Gasteiger partial charge in [0.1, 0.15) is 5.75 Å². The average Bonchev–Trinajstić information content (AvgIpc) is 3.43. The van der Waals surface area contributed by atoms with Gasteiger partial charge in [-0.05, 0) is 56.3 Å². The molecule has 1 N–H and O–H groups in total. The van der Waals surface area contributed by atoms with Gasteiger partial charge in [0.15, 0.2) is 17.9 Å². The van der Waals surface area contributed by atoms with E-state index in [9.17, 15) is 14.9 Å². The van der Waals surface area contributed by atoms with Gasteiger partial charge in [-0.25, -0.2) is 14.6 Å². The van der Waals surface area contributed by atoms with E-state index < -0.39 is 0 Å². The van der Waals surface area contributed by atoms with Gasteiger partial charge in [-0.2, -0.15) is 5.10 Å². The van der Waals surface area contributed by atoms with E-state index >= 15 is 0 Å². The Morgan fingerprint density at radius 3 is 2.62 bits per heavy atom. The molecule has 5 rings (SSSR count). The molecule has 0 amide bonds. The van der Waals surface area contributed by atoms with Crippen molar-refractivity contribution in [3.63, 3.8) is 0 Å². The van der Waals surface area contributed by atoms with Crippen LogP contribution in [0.3, 0.4) is 0 Å². The number of nitro benzene ring substituents is 1. The predicted molar refractivity (Wildman–Crippen MR) is 148 cm³/mol. The van der Waals surface area contributed by atoms with Crippen LogP contribution < -0.4 is 10.1 Å². The molecule has 1 aliphatic rings. The van der Waals surface area contributed by atoms with Gasteiger partial charge < -0.3 is 15.0 Å². The molecule has 0 atom stereocenters. The number of anilines is 2. The number of methoxy groups -OCH3 is 1. The molecule has 198 valence electrons. The maximum atomic E-state index is 12.0. The highest BCUT2D eigenvalue weighted by Gasteiger charge is 2.23. The number of rotatable bonds is 8. The van der Waals surface area contributed by atoms with Gasteiger partial charge in [0, 0.05) is 48.4 Å². The Balaban J connectivity index is 1.42. The number of nitro groups is 1. The zero-order valence-electron chi connectivity index (χ0n) is 21.8. The van der Waals surface area contributed by atoms with Crippen LogP contribution >= 0.6 is 0 Å². The fraction of sp³-hybridized carbons (Fsp3) is 0.214. The summed E-state index contributed by atoms with van der Waals surface area (Å²) in [5.74, 6) is 1.58. The van der Waals surface area contributed by atoms with Crippen LogP contribution in [0, 0.1) is 17.0 Å². The molecule has 0 fully saturated rings. The smallest absolute Gasteiger partial charge is 0.279 e. The number of ether oxygens (including phenoxy) is 1. The van der Waals surface area contributed by atoms with E-state index in [4.69, 9.17) is 4.74 Å². The lowest BCUT2D eigenvalue weighted by atomic mass is 9.97. The summed E-state index contributed by atoms with van der Waals surface area (Å²) in [6.07, 6.45) is 8.29. The number of hydrogen-bond acceptors (Lipinski definition) is 9. The van der Waals surface area contributed by atoms with E-state index in [2.05, 4.69) is 25.3 Å². The molecule has 0 spiro atoms. The number of aryl methyl sites for hydroxylation is 1. The van der Waals surface area contributed by atoms with Crippen LogP contribution in [0.4, 0.5) is 17.1 Å². The lowest BCUT2D eigenvalue weighted by Crippen LogP contribution is -2.23. The molecule has 0 unspecified atom stereocenters. The van der Waals surface area contributed by atoms with E-state index in [1.165, 1.54) is 12.3 Å². The summed E-state index contributed by atoms with van der Waals surface area (Å²) in [7, 11) is 3.57. The van der Waals surface area contributed by atoms with Crippen LogP contribution in [0.1, 0.15) is 27.9 Å². The highest BCUT2D eigenvalue weighted by Crippen LogP contribution is 2.39. The standard InChI is InChI=1S/C28H27N7O4/c1-18-14-29-27(32-28(18)34-16-19(17-36)15-30-34)21-4-6-22(7-5-21)31-24-13-25(35(37)38)23(12-26(24)39-3)20-8-10-33(2)11-9-20/h4-8,12-17,31H,9-11H2,1-3H3. The van der Waals surface area contributed by atoms with Crippen molar-refractivity contribution in [2.75, 3.05) is 32.6 Å². The number of aldehydes is 1. The fourth-order valence-corrected chi connectivity index (χ4v) is 4.43. The zero-order valence-corrected chi connectivity index (χ0v) is 21.8. The van der Waals surface area contributed by atoms with Gasteiger partial charge >= 0.3 is 0 Å². The van der Waals surface area contributed by atoms with Gasteiger partial charge in [-0.3, -0.25) is 14.9 Å². The predicted octanol–water partition coefficient (Wildman–Crippen LogP) is 4.83. The highest BCUT2D eigenvalue weighted by molar-refractivity contribution is 5.81. The van der Waals surface area contributed by atoms with Gasteiger partial charge in [0.25, 0.3) is 5.69 Å². The summed E-state index contributed by atoms with van der Waals surface area (Å²) in [5, 5.41) is 19.4. The molecule has 0 bridgehead atoms. The molecule has 0 saturated carbocycles. The lowest BCUT2D eigenvalue weighted by Gasteiger charge is -2.22. The maximum absolute atomic E-state index is 12.0. The molecule has 39 heavy (non-hydrogen) atoms. The number of likely N-dealkylation sites (N-methyl/N-ethyl adjacent to an activating group) is 1. The number of nitrogens with zero attached hydrogens (tertiary/aromatic N) is 6. The van der Waals surface area contributed by atoms with Crippen LogP contribution in [0.25, 0.3) is 22.8 Å². The molecule has 1 aliphatic heterocycles. The van der Waals surface area contributed by atoms with Crippen LogP contribution in [0.5, 0.6) is 5.75 Å². The lowest BCUT2D eigenvalue weighted by molar-refractivity contribution is -0.385. The maximum Gasteiger partial charge on any atom is 0.279 e. The molecule has 11 nitrogen and oxygen atoms in total. The van der Waals surface area contributed by atoms with Crippen LogP contribution in [-0.2, 0) is 0 Å². The number of carbonyl (C=O) groups is 1. The van der Waals surface area contributed by atoms with Crippen molar-refractivity contribution in [2.24, 2.45) is 0 Å². The molecule has 4 aromatic rings. The Labute approximate surface area is 224 Å². The van der Waals surface area contributed by atoms with Crippen molar-refractivity contribution in [2.45, 2.75) is 13.3 Å². The molecule has 2 aromatic heterocycles. The average molecular weight is 526 g/mol. The Morgan fingerprint density at radius 2 is 1.97 bits per heavy atom. The van der Waals surface area contributed by atoms with Crippen molar-refractivity contribution >= 4 is 28.9 Å². The first-order valence-electron chi connectivity index (χ1n) is 12.3. The molecular weight excluding hydrogens is 498 g/mol. The second-order valence-electron chi connectivity index (χ2n) is 9.31. The zero-order chi connectivity index (χ0) is 27.5. The number of carbonyl (C=O) groups excluding carboxylic acids is 1. The summed E-state index contributed by atoms with van der Waals surface area (Å²) in [5.41, 5.74) is 4.80. The fourth-order valence-electron chi connectivity index (χ4n) is 4.43. The summed E-state index contributed by atoms with van der Waals surface area (Å²) in [6.45, 7) is 3.45. The molecular formula is C28H27N7O4. The van der Waals surface area contributed by atoms with Crippen molar-refractivity contribution in [3.05, 3.63) is 87.9 Å². The van der Waals surface area contributed by atoms with E-state index in [0.29, 0.717) is 39.9 Å². The van der Waals surface area contributed by atoms with Gasteiger partial charge in [-0.15, -0.1) is 0 Å². The molecule has 0 saturated heterocycles. The van der Waals surface area contributed by atoms with Crippen LogP contribution in [0.15, 0.2) is 61.1 Å². The topological polar surface area (TPSA) is 128 Å². The van der Waals surface area contributed by atoms with E-state index in [0.717, 1.165) is 42.5 Å². The molecule has 11 heteroatoms. The third kappa shape index (κ3) is 5.39. The van der Waals surface area contributed by atoms with E-state index in [-0.39, 0.29) is 10.6 Å². The first kappa shape index (κ1) is 25.7. The number of benzene rings is 2. The summed E-state index contributed by atoms with van der Waals surface area (Å²) >= 11 is 0. The van der Waals surface area contributed by atoms with Crippen molar-refractivity contribution < 1.29 is 14.5 Å². The van der Waals surface area contributed by atoms with Crippen LogP contribution in [0.2, 0.25) is 0 Å². The third-order valence-electron chi connectivity index (χ3n) is 6.60. The summed E-state index contributed by atoms with van der Waals surface area (Å²) in [4.78, 5) is 33.9. The largest absolute Gasteiger partial charge is 0.495 e. The minimum Gasteiger partial charge on any atom is -0.495 e. The monoisotopic (exact) mass is 525 g/mol. The number of hydrogen-bond donors (Lipinski definition) is 1. The molecule has 0 aliphatic carbocycles. The second kappa shape index (κ2) is 10.8. The summed E-state index contributed by atoms with van der Waals surface area (Å²) in [6, 6.07) is 10.7. The second-order valence-corrected chi connectivity index (χ2v) is 9.31. The Hall–Kier alpha value is -4.90. The molecule has 2 aromatic carbocycles. The Kier molecular flexibility index (Phi) is 7.15. The SMILES string of the molecule is COc1cc(C2=CCN(C)CC2)c([N+](=O)[O-])cc1Nc1ccc(-c2ncc(C)c(-n3cc(C=O)cn3)n2)cc1. The quantitative estimate of drug-likeness (QED) is 0.195. The Morgan fingerprint density at radius 1 is 1.18 bits per heavy atom. The first-order chi connectivity index (χ1) is 18.9. The summed E-state index contributed by atoms with van der Waals surface area (Å²) < 4.78 is 7.15. The van der Waals surface area contributed by atoms with Crippen molar-refractivity contribution in [3.8, 4) is 23.0 Å². The van der Waals surface area contributed by atoms with E-state index in [1.807, 2.05) is 44.3 Å². The van der Waals surface area contributed by atoms with Crippen LogP contribution in [-0.4, -0.2) is 63.1 Å². The molecule has 0 radical (unpaired) electrons. The van der Waals surface area contributed by atoms with E-state index in [1.54, 1.807) is 30.3 Å². The van der Waals surface area contributed by atoms with Gasteiger partial charge in [0.05, 0.1) is 35.0 Å². The number of nitrogens with one attached hydrogen (secondary N) is 1. The number of aromatic nitrogens is 4. The van der Waals surface area contributed by atoms with Crippen molar-refractivity contribution in [1.82, 2.24) is 24.6 Å². The van der Waals surface area contributed by atoms with Gasteiger partial charge in [0.2, 0.25) is 0 Å². The minimum atomic E-state index is -0.355. The minimum absolute atomic E-state index is 0.0302. The van der Waals surface area contributed by atoms with Gasteiger partial charge in [-0.1, -0.05) is 6.08 Å². The Bertz CT molecular complexity index is 1580. The van der Waals surface area contributed by atoms with Crippen molar-refractivity contribution in [1.29, 1.82) is 0 Å². The molecule has 3 heterocycles. The third-order valence-corrected chi connectivity index (χ3v) is 6.60. The first-order valence-corrected chi connectivity index (χ1v) is 12.3.